The van der Waals surface area contributed by atoms with E-state index in [1.807, 2.05) is 18.7 Å². The second kappa shape index (κ2) is 6.62. The number of anilines is 1. The Balaban J connectivity index is 2.17. The van der Waals surface area contributed by atoms with Crippen LogP contribution in [0, 0.1) is 0 Å². The van der Waals surface area contributed by atoms with Crippen molar-refractivity contribution in [3.8, 4) is 0 Å². The first-order valence-electron chi connectivity index (χ1n) is 7.25. The molecule has 0 unspecified atom stereocenters. The number of morpholine rings is 1. The highest BCUT2D eigenvalue weighted by Gasteiger charge is 2.34. The molecule has 21 heavy (non-hydrogen) atoms. The number of hydrogen-bond acceptors (Lipinski definition) is 4. The number of ether oxygens (including phenoxy) is 1. The lowest BCUT2D eigenvalue weighted by Crippen LogP contribution is -2.55. The topological polar surface area (TPSA) is 54.5 Å². The third-order valence-corrected chi connectivity index (χ3v) is 3.81. The van der Waals surface area contributed by atoms with Crippen molar-refractivity contribution in [1.82, 2.24) is 9.88 Å². The zero-order chi connectivity index (χ0) is 15.5. The van der Waals surface area contributed by atoms with Crippen LogP contribution in [0.1, 0.15) is 37.6 Å². The van der Waals surface area contributed by atoms with E-state index >= 15 is 0 Å². The average Bonchev–Trinajstić information content (AvgIpc) is 2.45. The molecule has 1 aliphatic rings. The third kappa shape index (κ3) is 3.66. The maximum absolute atomic E-state index is 12.6. The summed E-state index contributed by atoms with van der Waals surface area (Å²) >= 11 is 6.20. The van der Waals surface area contributed by atoms with E-state index in [0.29, 0.717) is 36.2 Å². The van der Waals surface area contributed by atoms with Crippen LogP contribution < -0.4 is 5.32 Å². The number of carbonyl (C=O) groups excluding carboxylic acids is 1. The van der Waals surface area contributed by atoms with E-state index in [1.54, 1.807) is 12.3 Å². The fraction of sp³-hybridized carbons (Fsp3) is 0.600. The van der Waals surface area contributed by atoms with E-state index in [2.05, 4.69) is 17.2 Å². The number of amides is 1. The van der Waals surface area contributed by atoms with Crippen LogP contribution in [0.4, 0.5) is 5.82 Å². The standard InChI is InChI=1S/C15H22ClN3O2/c1-4-5-17-13-12(16)8-11(9-18-13)14(20)19-6-7-21-10-15(19,2)3/h8-9H,4-7,10H2,1-3H3,(H,17,18). The molecule has 0 radical (unpaired) electrons. The van der Waals surface area contributed by atoms with Gasteiger partial charge in [0.15, 0.2) is 0 Å². The maximum atomic E-state index is 12.6. The lowest BCUT2D eigenvalue weighted by atomic mass is 10.0. The summed E-state index contributed by atoms with van der Waals surface area (Å²) in [5.74, 6) is 0.566. The lowest BCUT2D eigenvalue weighted by Gasteiger charge is -2.42. The SMILES string of the molecule is CCCNc1ncc(C(=O)N2CCOCC2(C)C)cc1Cl. The Hall–Kier alpha value is -1.33. The molecule has 1 amide bonds. The van der Waals surface area contributed by atoms with Gasteiger partial charge in [0, 0.05) is 19.3 Å². The molecule has 116 valence electrons. The van der Waals surface area contributed by atoms with Crippen molar-refractivity contribution >= 4 is 23.3 Å². The first-order chi connectivity index (χ1) is 9.95. The second-order valence-electron chi connectivity index (χ2n) is 5.80. The molecule has 0 saturated carbocycles. The average molecular weight is 312 g/mol. The number of nitrogens with zero attached hydrogens (tertiary/aromatic N) is 2. The summed E-state index contributed by atoms with van der Waals surface area (Å²) in [6.45, 7) is 8.55. The molecule has 1 aliphatic heterocycles. The van der Waals surface area contributed by atoms with Gasteiger partial charge in [0.25, 0.3) is 5.91 Å². The minimum atomic E-state index is -0.319. The quantitative estimate of drug-likeness (QED) is 0.929. The first-order valence-corrected chi connectivity index (χ1v) is 7.62. The van der Waals surface area contributed by atoms with E-state index < -0.39 is 0 Å². The molecule has 0 aliphatic carbocycles. The van der Waals surface area contributed by atoms with Crippen molar-refractivity contribution in [2.24, 2.45) is 0 Å². The van der Waals surface area contributed by atoms with Crippen LogP contribution in [0.2, 0.25) is 5.02 Å². The molecule has 2 heterocycles. The zero-order valence-electron chi connectivity index (χ0n) is 12.8. The predicted octanol–water partition coefficient (Wildman–Crippen LogP) is 2.81. The number of aromatic nitrogens is 1. The van der Waals surface area contributed by atoms with E-state index in [-0.39, 0.29) is 11.4 Å². The molecule has 1 aromatic rings. The van der Waals surface area contributed by atoms with Crippen molar-refractivity contribution in [1.29, 1.82) is 0 Å². The van der Waals surface area contributed by atoms with Crippen molar-refractivity contribution in [3.63, 3.8) is 0 Å². The Morgan fingerprint density at radius 1 is 1.57 bits per heavy atom. The molecule has 2 rings (SSSR count). The molecule has 1 saturated heterocycles. The normalized spacial score (nSPS) is 17.6. The van der Waals surface area contributed by atoms with Gasteiger partial charge in [-0.15, -0.1) is 0 Å². The van der Waals surface area contributed by atoms with Gasteiger partial charge in [-0.1, -0.05) is 18.5 Å². The van der Waals surface area contributed by atoms with Gasteiger partial charge < -0.3 is 15.0 Å². The monoisotopic (exact) mass is 311 g/mol. The minimum Gasteiger partial charge on any atom is -0.377 e. The molecular formula is C15H22ClN3O2. The van der Waals surface area contributed by atoms with E-state index in [4.69, 9.17) is 16.3 Å². The maximum Gasteiger partial charge on any atom is 0.256 e. The molecule has 0 spiro atoms. The summed E-state index contributed by atoms with van der Waals surface area (Å²) in [6.07, 6.45) is 2.57. The predicted molar refractivity (Wildman–Crippen MR) is 84.0 cm³/mol. The van der Waals surface area contributed by atoms with E-state index in [1.165, 1.54) is 0 Å². The minimum absolute atomic E-state index is 0.0558. The molecule has 1 N–H and O–H groups in total. The molecule has 1 fully saturated rings. The van der Waals surface area contributed by atoms with Gasteiger partial charge in [-0.2, -0.15) is 0 Å². The van der Waals surface area contributed by atoms with E-state index in [0.717, 1.165) is 13.0 Å². The zero-order valence-corrected chi connectivity index (χ0v) is 13.5. The van der Waals surface area contributed by atoms with Crippen molar-refractivity contribution in [3.05, 3.63) is 22.8 Å². The second-order valence-corrected chi connectivity index (χ2v) is 6.21. The van der Waals surface area contributed by atoms with E-state index in [9.17, 15) is 4.79 Å². The number of hydrogen-bond donors (Lipinski definition) is 1. The Bertz CT molecular complexity index is 520. The Morgan fingerprint density at radius 2 is 2.33 bits per heavy atom. The van der Waals surface area contributed by atoms with Gasteiger partial charge in [0.1, 0.15) is 5.82 Å². The Morgan fingerprint density at radius 3 is 2.95 bits per heavy atom. The van der Waals surface area contributed by atoms with Crippen LogP contribution >= 0.6 is 11.6 Å². The summed E-state index contributed by atoms with van der Waals surface area (Å²) in [6, 6.07) is 1.68. The summed E-state index contributed by atoms with van der Waals surface area (Å²) in [4.78, 5) is 18.7. The Labute approximate surface area is 130 Å². The summed E-state index contributed by atoms with van der Waals surface area (Å²) < 4.78 is 5.44. The van der Waals surface area contributed by atoms with Crippen LogP contribution in [0.15, 0.2) is 12.3 Å². The summed E-state index contributed by atoms with van der Waals surface area (Å²) in [5.41, 5.74) is 0.193. The van der Waals surface area contributed by atoms with Crippen LogP contribution in [0.5, 0.6) is 0 Å². The highest BCUT2D eigenvalue weighted by atomic mass is 35.5. The van der Waals surface area contributed by atoms with Crippen LogP contribution in [0.3, 0.4) is 0 Å². The molecular weight excluding hydrogens is 290 g/mol. The largest absolute Gasteiger partial charge is 0.377 e. The summed E-state index contributed by atoms with van der Waals surface area (Å²) in [5, 5.41) is 3.61. The fourth-order valence-electron chi connectivity index (χ4n) is 2.32. The molecule has 6 heteroatoms. The summed E-state index contributed by atoms with van der Waals surface area (Å²) in [7, 11) is 0. The molecule has 0 aromatic carbocycles. The van der Waals surface area contributed by atoms with Gasteiger partial charge >= 0.3 is 0 Å². The number of nitrogens with one attached hydrogen (secondary N) is 1. The highest BCUT2D eigenvalue weighted by Crippen LogP contribution is 2.25. The van der Waals surface area contributed by atoms with Crippen LogP contribution in [-0.2, 0) is 4.74 Å². The van der Waals surface area contributed by atoms with Crippen molar-refractivity contribution in [2.75, 3.05) is 31.6 Å². The van der Waals surface area contributed by atoms with Crippen molar-refractivity contribution in [2.45, 2.75) is 32.7 Å². The third-order valence-electron chi connectivity index (χ3n) is 3.52. The number of rotatable bonds is 4. The number of carbonyl (C=O) groups is 1. The highest BCUT2D eigenvalue weighted by molar-refractivity contribution is 6.33. The molecule has 0 atom stereocenters. The molecule has 1 aromatic heterocycles. The number of pyridine rings is 1. The first kappa shape index (κ1) is 16.0. The lowest BCUT2D eigenvalue weighted by molar-refractivity contribution is -0.0370. The van der Waals surface area contributed by atoms with Gasteiger partial charge in [-0.25, -0.2) is 4.98 Å². The van der Waals surface area contributed by atoms with Gasteiger partial charge in [-0.05, 0) is 26.3 Å². The van der Waals surface area contributed by atoms with Crippen molar-refractivity contribution < 1.29 is 9.53 Å². The smallest absolute Gasteiger partial charge is 0.256 e. The van der Waals surface area contributed by atoms with Crippen LogP contribution in [-0.4, -0.2) is 47.6 Å². The fourth-order valence-corrected chi connectivity index (χ4v) is 2.55. The molecule has 5 nitrogen and oxygen atoms in total. The van der Waals surface area contributed by atoms with Gasteiger partial charge in [0.2, 0.25) is 0 Å². The number of halogens is 1. The van der Waals surface area contributed by atoms with Crippen LogP contribution in [0.25, 0.3) is 0 Å². The molecule has 0 bridgehead atoms. The van der Waals surface area contributed by atoms with Gasteiger partial charge in [0.05, 0.1) is 29.3 Å². The Kier molecular flexibility index (Phi) is 5.06. The van der Waals surface area contributed by atoms with Gasteiger partial charge in [-0.3, -0.25) is 4.79 Å².